The van der Waals surface area contributed by atoms with E-state index >= 15 is 0 Å². The normalized spacial score (nSPS) is 11.6. The minimum atomic E-state index is -0.886. The van der Waals surface area contributed by atoms with Gasteiger partial charge in [-0.2, -0.15) is 0 Å². The van der Waals surface area contributed by atoms with Crippen LogP contribution in [0.4, 0.5) is 0 Å². The highest BCUT2D eigenvalue weighted by molar-refractivity contribution is 5.37. The lowest BCUT2D eigenvalue weighted by Crippen LogP contribution is -1.93. The fourth-order valence-electron chi connectivity index (χ4n) is 1.09. The molecule has 2 nitrogen and oxygen atoms in total. The molecule has 0 bridgehead atoms. The molecule has 0 aliphatic heterocycles. The second-order valence-electron chi connectivity index (χ2n) is 3.03. The van der Waals surface area contributed by atoms with Gasteiger partial charge in [-0.3, -0.25) is 0 Å². The summed E-state index contributed by atoms with van der Waals surface area (Å²) in [7, 11) is 0. The summed E-state index contributed by atoms with van der Waals surface area (Å²) in [5, 5.41) is 19.0. The molecule has 2 N–H and O–H groups in total. The Balaban J connectivity index is 2.76. The van der Waals surface area contributed by atoms with Gasteiger partial charge in [-0.25, -0.2) is 0 Å². The lowest BCUT2D eigenvalue weighted by molar-refractivity contribution is 0.233. The molecule has 1 aromatic carbocycles. The molecule has 1 aromatic rings. The fourth-order valence-corrected chi connectivity index (χ4v) is 1.09. The molecule has 14 heavy (non-hydrogen) atoms. The van der Waals surface area contributed by atoms with Gasteiger partial charge in [0.25, 0.3) is 0 Å². The maximum absolute atomic E-state index is 9.59. The smallest absolute Gasteiger partial charge is 0.143 e. The number of phenolic OH excluding ortho intramolecular Hbond substituents is 1. The van der Waals surface area contributed by atoms with Gasteiger partial charge in [0, 0.05) is 12.0 Å². The van der Waals surface area contributed by atoms with Gasteiger partial charge >= 0.3 is 0 Å². The molecule has 0 saturated heterocycles. The first-order valence-electron chi connectivity index (χ1n) is 4.70. The van der Waals surface area contributed by atoms with Crippen molar-refractivity contribution in [3.63, 3.8) is 0 Å². The Kier molecular flexibility index (Phi) is 4.03. The summed E-state index contributed by atoms with van der Waals surface area (Å²) in [5.41, 5.74) is 0.469. The first-order chi connectivity index (χ1) is 6.75. The van der Waals surface area contributed by atoms with E-state index in [-0.39, 0.29) is 5.75 Å². The lowest BCUT2D eigenvalue weighted by atomic mass is 10.1. The number of aromatic hydroxyl groups is 1. The van der Waals surface area contributed by atoms with E-state index in [0.29, 0.717) is 5.56 Å². The number of rotatable bonds is 2. The van der Waals surface area contributed by atoms with E-state index in [9.17, 15) is 10.2 Å². The average molecular weight is 190 g/mol. The van der Waals surface area contributed by atoms with Crippen LogP contribution in [0.2, 0.25) is 0 Å². The third-order valence-corrected chi connectivity index (χ3v) is 1.85. The summed E-state index contributed by atoms with van der Waals surface area (Å²) in [5.74, 6) is 5.62. The minimum Gasteiger partial charge on any atom is -0.508 e. The summed E-state index contributed by atoms with van der Waals surface area (Å²) in [4.78, 5) is 0. The molecule has 74 valence electrons. The number of aliphatic hydroxyl groups excluding tert-OH is 1. The Hall–Kier alpha value is -1.46. The number of hydrogen-bond donors (Lipinski definition) is 2. The number of aliphatic hydroxyl groups is 1. The van der Waals surface area contributed by atoms with Crippen LogP contribution in [0, 0.1) is 11.8 Å². The van der Waals surface area contributed by atoms with Gasteiger partial charge in [0.15, 0.2) is 0 Å². The fraction of sp³-hybridized carbons (Fsp3) is 0.333. The van der Waals surface area contributed by atoms with Crippen molar-refractivity contribution in [3.05, 3.63) is 29.8 Å². The van der Waals surface area contributed by atoms with Crippen LogP contribution < -0.4 is 0 Å². The molecule has 1 unspecified atom stereocenters. The van der Waals surface area contributed by atoms with Crippen LogP contribution in [-0.2, 0) is 0 Å². The maximum atomic E-state index is 9.59. The van der Waals surface area contributed by atoms with E-state index in [0.717, 1.165) is 12.8 Å². The van der Waals surface area contributed by atoms with Gasteiger partial charge in [0.1, 0.15) is 11.9 Å². The van der Waals surface area contributed by atoms with Crippen LogP contribution in [-0.4, -0.2) is 10.2 Å². The van der Waals surface area contributed by atoms with Crippen molar-refractivity contribution in [2.24, 2.45) is 0 Å². The third kappa shape index (κ3) is 2.79. The van der Waals surface area contributed by atoms with Crippen molar-refractivity contribution < 1.29 is 10.2 Å². The van der Waals surface area contributed by atoms with E-state index in [1.165, 1.54) is 0 Å². The monoisotopic (exact) mass is 190 g/mol. The van der Waals surface area contributed by atoms with Crippen LogP contribution in [0.3, 0.4) is 0 Å². The summed E-state index contributed by atoms with van der Waals surface area (Å²) in [6.07, 6.45) is 0.855. The first-order valence-corrected chi connectivity index (χ1v) is 4.70. The molecular formula is C12H14O2. The quantitative estimate of drug-likeness (QED) is 0.702. The standard InChI is InChI=1S/C12H14O2/c1-2-3-4-8-11(13)10-7-5-6-9-12(10)14/h5-7,9,11,13-14H,2-3H2,1H3. The summed E-state index contributed by atoms with van der Waals surface area (Å²) in [6, 6.07) is 6.69. The second kappa shape index (κ2) is 5.31. The predicted octanol–water partition coefficient (Wildman–Crippen LogP) is 2.23. The Labute approximate surface area is 84.2 Å². The van der Waals surface area contributed by atoms with Gasteiger partial charge in [-0.1, -0.05) is 31.0 Å². The van der Waals surface area contributed by atoms with Crippen LogP contribution in [0.5, 0.6) is 5.75 Å². The van der Waals surface area contributed by atoms with Crippen molar-refractivity contribution in [1.29, 1.82) is 0 Å². The van der Waals surface area contributed by atoms with Gasteiger partial charge in [0.2, 0.25) is 0 Å². The predicted molar refractivity (Wildman–Crippen MR) is 55.8 cm³/mol. The molecule has 0 heterocycles. The molecule has 1 rings (SSSR count). The van der Waals surface area contributed by atoms with E-state index in [2.05, 4.69) is 11.8 Å². The highest BCUT2D eigenvalue weighted by Gasteiger charge is 2.07. The molecule has 0 radical (unpaired) electrons. The highest BCUT2D eigenvalue weighted by atomic mass is 16.3. The molecule has 0 saturated carbocycles. The molecule has 2 heteroatoms. The van der Waals surface area contributed by atoms with Gasteiger partial charge in [-0.15, -0.1) is 5.92 Å². The molecule has 0 aliphatic carbocycles. The molecule has 0 aromatic heterocycles. The topological polar surface area (TPSA) is 40.5 Å². The Morgan fingerprint density at radius 2 is 2.07 bits per heavy atom. The van der Waals surface area contributed by atoms with Crippen molar-refractivity contribution >= 4 is 0 Å². The highest BCUT2D eigenvalue weighted by Crippen LogP contribution is 2.22. The average Bonchev–Trinajstić information content (AvgIpc) is 2.18. The van der Waals surface area contributed by atoms with Crippen LogP contribution in [0.15, 0.2) is 24.3 Å². The Bertz CT molecular complexity index is 347. The van der Waals surface area contributed by atoms with E-state index in [4.69, 9.17) is 0 Å². The van der Waals surface area contributed by atoms with E-state index in [1.54, 1.807) is 24.3 Å². The molecule has 0 spiro atoms. The van der Waals surface area contributed by atoms with Crippen molar-refractivity contribution in [2.45, 2.75) is 25.9 Å². The molecule has 0 amide bonds. The van der Waals surface area contributed by atoms with Gasteiger partial charge < -0.3 is 10.2 Å². The molecule has 0 fully saturated rings. The van der Waals surface area contributed by atoms with Crippen LogP contribution >= 0.6 is 0 Å². The zero-order valence-electron chi connectivity index (χ0n) is 8.20. The summed E-state index contributed by atoms with van der Waals surface area (Å²) >= 11 is 0. The molecule has 0 aliphatic rings. The van der Waals surface area contributed by atoms with Crippen molar-refractivity contribution in [3.8, 4) is 17.6 Å². The summed E-state index contributed by atoms with van der Waals surface area (Å²) in [6.45, 7) is 2.03. The maximum Gasteiger partial charge on any atom is 0.143 e. The molecule has 1 atom stereocenters. The second-order valence-corrected chi connectivity index (χ2v) is 3.03. The van der Waals surface area contributed by atoms with Crippen LogP contribution in [0.25, 0.3) is 0 Å². The minimum absolute atomic E-state index is 0.0887. The van der Waals surface area contributed by atoms with E-state index in [1.807, 2.05) is 6.92 Å². The van der Waals surface area contributed by atoms with Gasteiger partial charge in [-0.05, 0) is 12.5 Å². The summed E-state index contributed by atoms with van der Waals surface area (Å²) < 4.78 is 0. The number of hydrogen-bond acceptors (Lipinski definition) is 2. The lowest BCUT2D eigenvalue weighted by Gasteiger charge is -2.05. The SMILES string of the molecule is CCCC#CC(O)c1ccccc1O. The number of benzene rings is 1. The largest absolute Gasteiger partial charge is 0.508 e. The number of para-hydroxylation sites is 1. The third-order valence-electron chi connectivity index (χ3n) is 1.85. The van der Waals surface area contributed by atoms with Gasteiger partial charge in [0.05, 0.1) is 0 Å². The number of unbranched alkanes of at least 4 members (excludes halogenated alkanes) is 1. The van der Waals surface area contributed by atoms with Crippen LogP contribution in [0.1, 0.15) is 31.4 Å². The Morgan fingerprint density at radius 1 is 1.36 bits per heavy atom. The first kappa shape index (κ1) is 10.6. The van der Waals surface area contributed by atoms with Crippen molar-refractivity contribution in [2.75, 3.05) is 0 Å². The molecular weight excluding hydrogens is 176 g/mol. The van der Waals surface area contributed by atoms with Crippen molar-refractivity contribution in [1.82, 2.24) is 0 Å². The van der Waals surface area contributed by atoms with E-state index < -0.39 is 6.10 Å². The Morgan fingerprint density at radius 3 is 2.71 bits per heavy atom. The number of phenols is 1. The zero-order chi connectivity index (χ0) is 10.4. The zero-order valence-corrected chi connectivity index (χ0v) is 8.20.